The fourth-order valence-electron chi connectivity index (χ4n) is 3.05. The van der Waals surface area contributed by atoms with Gasteiger partial charge in [0.25, 0.3) is 15.9 Å². The number of hydrogen-bond acceptors (Lipinski definition) is 9. The molecule has 2 heterocycles. The van der Waals surface area contributed by atoms with Crippen LogP contribution in [0.2, 0.25) is 0 Å². The summed E-state index contributed by atoms with van der Waals surface area (Å²) in [6.45, 7) is 3.80. The topological polar surface area (TPSA) is 130 Å². The first-order valence-corrected chi connectivity index (χ1v) is 11.8. The molecule has 0 aliphatic carbocycles. The summed E-state index contributed by atoms with van der Waals surface area (Å²) in [5.74, 6) is -0.286. The molecule has 0 aliphatic rings. The zero-order valence-corrected chi connectivity index (χ0v) is 20.1. The van der Waals surface area contributed by atoms with Crippen LogP contribution in [-0.2, 0) is 30.9 Å². The highest BCUT2D eigenvalue weighted by Gasteiger charge is 2.23. The van der Waals surface area contributed by atoms with Gasteiger partial charge in [-0.2, -0.15) is 0 Å². The van der Waals surface area contributed by atoms with Gasteiger partial charge in [-0.25, -0.2) is 18.4 Å². The number of hydrogen-bond donors (Lipinski definition) is 1. The van der Waals surface area contributed by atoms with Crippen LogP contribution in [0.4, 0.5) is 5.82 Å². The van der Waals surface area contributed by atoms with Crippen molar-refractivity contribution in [2.75, 3.05) is 18.9 Å². The van der Waals surface area contributed by atoms with E-state index < -0.39 is 10.0 Å². The highest BCUT2D eigenvalue weighted by molar-refractivity contribution is 7.92. The van der Waals surface area contributed by atoms with Crippen molar-refractivity contribution >= 4 is 21.8 Å². The van der Waals surface area contributed by atoms with E-state index in [-0.39, 0.29) is 40.8 Å². The molecular weight excluding hydrogens is 460 g/mol. The summed E-state index contributed by atoms with van der Waals surface area (Å²) in [6.07, 6.45) is 2.82. The van der Waals surface area contributed by atoms with Gasteiger partial charge in [-0.05, 0) is 31.5 Å². The van der Waals surface area contributed by atoms with Crippen LogP contribution in [0.1, 0.15) is 24.6 Å². The fraction of sp³-hybridized carbons (Fsp3) is 0.304. The van der Waals surface area contributed by atoms with Crippen molar-refractivity contribution in [3.8, 4) is 17.1 Å². The zero-order valence-electron chi connectivity index (χ0n) is 19.3. The minimum atomic E-state index is -4.05. The molecule has 1 N–H and O–H groups in total. The Kier molecular flexibility index (Phi) is 8.13. The molecule has 0 saturated carbocycles. The Morgan fingerprint density at radius 1 is 1.12 bits per heavy atom. The smallest absolute Gasteiger partial charge is 0.308 e. The predicted octanol–water partition coefficient (Wildman–Crippen LogP) is 3.12. The van der Waals surface area contributed by atoms with Crippen LogP contribution >= 0.6 is 0 Å². The lowest BCUT2D eigenvalue weighted by Gasteiger charge is -2.14. The second-order valence-corrected chi connectivity index (χ2v) is 9.07. The first-order chi connectivity index (χ1) is 16.2. The normalized spacial score (nSPS) is 12.1. The molecule has 1 unspecified atom stereocenters. The van der Waals surface area contributed by atoms with Crippen LogP contribution in [0.15, 0.2) is 53.7 Å². The lowest BCUT2D eigenvalue weighted by atomic mass is 10.1. The van der Waals surface area contributed by atoms with Gasteiger partial charge in [0, 0.05) is 11.8 Å². The molecule has 0 fully saturated rings. The molecule has 1 aromatic carbocycles. The molecule has 0 spiro atoms. The summed E-state index contributed by atoms with van der Waals surface area (Å²) in [5, 5.41) is 0. The van der Waals surface area contributed by atoms with Gasteiger partial charge in [-0.1, -0.05) is 24.3 Å². The van der Waals surface area contributed by atoms with E-state index >= 15 is 0 Å². The van der Waals surface area contributed by atoms with Crippen molar-refractivity contribution in [2.24, 2.45) is 0 Å². The number of methoxy groups -OCH3 is 2. The Morgan fingerprint density at radius 3 is 2.53 bits per heavy atom. The van der Waals surface area contributed by atoms with Crippen molar-refractivity contribution in [1.82, 2.24) is 15.0 Å². The number of benzene rings is 1. The molecule has 180 valence electrons. The Morgan fingerprint density at radius 2 is 1.85 bits per heavy atom. The third-order valence-corrected chi connectivity index (χ3v) is 6.16. The third-order valence-electron chi connectivity index (χ3n) is 4.79. The minimum Gasteiger partial charge on any atom is -0.478 e. The van der Waals surface area contributed by atoms with Gasteiger partial charge < -0.3 is 14.2 Å². The Labute approximate surface area is 198 Å². The molecule has 10 nitrogen and oxygen atoms in total. The van der Waals surface area contributed by atoms with Gasteiger partial charge in [-0.3, -0.25) is 14.5 Å². The van der Waals surface area contributed by atoms with Crippen molar-refractivity contribution < 1.29 is 27.4 Å². The molecule has 0 aliphatic heterocycles. The number of anilines is 1. The molecule has 11 heteroatoms. The average Bonchev–Trinajstić information content (AvgIpc) is 2.84. The number of nitrogens with zero attached hydrogens (tertiary/aromatic N) is 3. The summed E-state index contributed by atoms with van der Waals surface area (Å²) in [5.41, 5.74) is 2.33. The maximum atomic E-state index is 13.2. The van der Waals surface area contributed by atoms with Gasteiger partial charge in [0.15, 0.2) is 0 Å². The van der Waals surface area contributed by atoms with Gasteiger partial charge >= 0.3 is 5.97 Å². The summed E-state index contributed by atoms with van der Waals surface area (Å²) >= 11 is 0. The molecule has 34 heavy (non-hydrogen) atoms. The van der Waals surface area contributed by atoms with Crippen LogP contribution in [0, 0.1) is 6.92 Å². The van der Waals surface area contributed by atoms with Crippen molar-refractivity contribution in [3.63, 3.8) is 0 Å². The number of aromatic nitrogens is 3. The maximum absolute atomic E-state index is 13.2. The molecule has 0 radical (unpaired) electrons. The number of sulfonamides is 1. The van der Waals surface area contributed by atoms with Gasteiger partial charge in [0.2, 0.25) is 5.82 Å². The van der Waals surface area contributed by atoms with E-state index in [1.807, 2.05) is 12.1 Å². The quantitative estimate of drug-likeness (QED) is 0.430. The Bertz CT molecular complexity index is 1250. The summed E-state index contributed by atoms with van der Waals surface area (Å²) in [4.78, 5) is 23.8. The largest absolute Gasteiger partial charge is 0.478 e. The molecule has 1 atom stereocenters. The SMILES string of the molecule is COC(=O)CC(C)OCc1ccc(-c2ncccc2S(=O)(=O)Nc2ncc(C)nc2OC)cc1. The average molecular weight is 487 g/mol. The van der Waals surface area contributed by atoms with Crippen LogP contribution in [-0.4, -0.2) is 49.7 Å². The number of nitrogens with one attached hydrogen (secondary N) is 1. The number of aryl methyl sites for hydroxylation is 1. The highest BCUT2D eigenvalue weighted by atomic mass is 32.2. The number of pyridine rings is 1. The highest BCUT2D eigenvalue weighted by Crippen LogP contribution is 2.28. The number of esters is 1. The van der Waals surface area contributed by atoms with Gasteiger partial charge in [0.1, 0.15) is 4.90 Å². The second kappa shape index (κ2) is 11.0. The molecule has 2 aromatic heterocycles. The van der Waals surface area contributed by atoms with Gasteiger partial charge in [0.05, 0.1) is 50.9 Å². The Hall–Kier alpha value is -3.57. The van der Waals surface area contributed by atoms with Crippen molar-refractivity contribution in [2.45, 2.75) is 37.9 Å². The lowest BCUT2D eigenvalue weighted by Crippen LogP contribution is -2.16. The summed E-state index contributed by atoms with van der Waals surface area (Å²) in [6, 6.07) is 10.2. The maximum Gasteiger partial charge on any atom is 0.308 e. The molecule has 3 rings (SSSR count). The molecule has 0 amide bonds. The van der Waals surface area contributed by atoms with Gasteiger partial charge in [-0.15, -0.1) is 0 Å². The number of ether oxygens (including phenoxy) is 3. The van der Waals surface area contributed by atoms with Crippen LogP contribution in [0.5, 0.6) is 5.88 Å². The van der Waals surface area contributed by atoms with E-state index in [1.54, 1.807) is 32.0 Å². The zero-order chi connectivity index (χ0) is 24.7. The van der Waals surface area contributed by atoms with Crippen molar-refractivity contribution in [3.05, 3.63) is 60.0 Å². The van der Waals surface area contributed by atoms with E-state index in [0.29, 0.717) is 17.9 Å². The lowest BCUT2D eigenvalue weighted by molar-refractivity contribution is -0.143. The molecule has 0 bridgehead atoms. The van der Waals surface area contributed by atoms with E-state index in [4.69, 9.17) is 9.47 Å². The fourth-order valence-corrected chi connectivity index (χ4v) is 4.24. The van der Waals surface area contributed by atoms with E-state index in [0.717, 1.165) is 5.56 Å². The van der Waals surface area contributed by atoms with Crippen LogP contribution in [0.25, 0.3) is 11.3 Å². The third kappa shape index (κ3) is 6.27. The minimum absolute atomic E-state index is 0.0172. The number of rotatable bonds is 10. The van der Waals surface area contributed by atoms with E-state index in [2.05, 4.69) is 24.4 Å². The van der Waals surface area contributed by atoms with E-state index in [9.17, 15) is 13.2 Å². The first-order valence-electron chi connectivity index (χ1n) is 10.4. The molecular formula is C23H26N4O6S. The first kappa shape index (κ1) is 25.1. The summed E-state index contributed by atoms with van der Waals surface area (Å²) in [7, 11) is -1.33. The standard InChI is InChI=1S/C23H26N4O6S/c1-15-13-25-22(23(26-15)32-4)27-34(29,30)19-6-5-11-24-21(19)18-9-7-17(8-10-18)14-33-16(2)12-20(28)31-3/h5-11,13,16H,12,14H2,1-4H3,(H,25,27). The predicted molar refractivity (Wildman–Crippen MR) is 125 cm³/mol. The Balaban J connectivity index is 1.80. The molecule has 3 aromatic rings. The van der Waals surface area contributed by atoms with E-state index in [1.165, 1.54) is 32.7 Å². The number of carbonyl (C=O) groups excluding carboxylic acids is 1. The number of carbonyl (C=O) groups is 1. The van der Waals surface area contributed by atoms with Crippen LogP contribution < -0.4 is 9.46 Å². The van der Waals surface area contributed by atoms with Crippen molar-refractivity contribution in [1.29, 1.82) is 0 Å². The second-order valence-electron chi connectivity index (χ2n) is 7.42. The monoisotopic (exact) mass is 486 g/mol. The molecule has 0 saturated heterocycles. The van der Waals surface area contributed by atoms with Crippen LogP contribution in [0.3, 0.4) is 0 Å². The summed E-state index contributed by atoms with van der Waals surface area (Å²) < 4.78 is 44.2.